The fourth-order valence-electron chi connectivity index (χ4n) is 4.46. The van der Waals surface area contributed by atoms with Gasteiger partial charge in [0.05, 0.1) is 7.11 Å². The van der Waals surface area contributed by atoms with Gasteiger partial charge in [0.2, 0.25) is 5.91 Å². The van der Waals surface area contributed by atoms with E-state index in [0.717, 1.165) is 35.4 Å². The molecule has 5 heteroatoms. The molecule has 0 radical (unpaired) electrons. The summed E-state index contributed by atoms with van der Waals surface area (Å²) in [5, 5.41) is 6.72. The summed E-state index contributed by atoms with van der Waals surface area (Å²) < 4.78 is 5.45. The number of ether oxygens (including phenoxy) is 1. The van der Waals surface area contributed by atoms with Crippen molar-refractivity contribution in [3.8, 4) is 16.9 Å². The Morgan fingerprint density at radius 3 is 2.59 bits per heavy atom. The number of hydrogen-bond donors (Lipinski definition) is 2. The van der Waals surface area contributed by atoms with Crippen LogP contribution in [0.25, 0.3) is 11.1 Å². The molecule has 2 aromatic rings. The maximum Gasteiger partial charge on any atom is 0.224 e. The minimum atomic E-state index is 0. The van der Waals surface area contributed by atoms with Crippen LogP contribution in [0.1, 0.15) is 32.1 Å². The molecule has 2 aliphatic rings. The van der Waals surface area contributed by atoms with Crippen LogP contribution in [0, 0.1) is 5.92 Å². The van der Waals surface area contributed by atoms with Crippen molar-refractivity contribution in [2.24, 2.45) is 5.92 Å². The molecule has 0 saturated carbocycles. The highest BCUT2D eigenvalue weighted by Gasteiger charge is 2.34. The van der Waals surface area contributed by atoms with Gasteiger partial charge in [-0.15, -0.1) is 12.4 Å². The van der Waals surface area contributed by atoms with E-state index in [1.807, 2.05) is 48.5 Å². The minimum Gasteiger partial charge on any atom is -0.496 e. The monoisotopic (exact) mass is 386 g/mol. The van der Waals surface area contributed by atoms with E-state index in [1.54, 1.807) is 7.11 Å². The van der Waals surface area contributed by atoms with Crippen LogP contribution in [0.2, 0.25) is 0 Å². The summed E-state index contributed by atoms with van der Waals surface area (Å²) >= 11 is 0. The first-order valence-electron chi connectivity index (χ1n) is 9.50. The van der Waals surface area contributed by atoms with Crippen molar-refractivity contribution < 1.29 is 9.53 Å². The first-order valence-corrected chi connectivity index (χ1v) is 9.50. The van der Waals surface area contributed by atoms with Crippen LogP contribution in [-0.2, 0) is 4.79 Å². The number of carbonyl (C=O) groups excluding carboxylic acids is 1. The Balaban J connectivity index is 0.00000210. The smallest absolute Gasteiger partial charge is 0.224 e. The SMILES string of the molecule is COc1ccccc1-c1cccc(NC(=O)CC2CC3CCC(C2)N3)c1.Cl. The van der Waals surface area contributed by atoms with Crippen LogP contribution in [0.4, 0.5) is 5.69 Å². The molecule has 144 valence electrons. The number of fused-ring (bicyclic) bond motifs is 2. The van der Waals surface area contributed by atoms with Gasteiger partial charge in [0.15, 0.2) is 0 Å². The van der Waals surface area contributed by atoms with Crippen LogP contribution in [-0.4, -0.2) is 25.1 Å². The summed E-state index contributed by atoms with van der Waals surface area (Å²) in [7, 11) is 1.68. The molecule has 4 rings (SSSR count). The molecule has 2 bridgehead atoms. The molecule has 2 atom stereocenters. The van der Waals surface area contributed by atoms with Gasteiger partial charge in [-0.05, 0) is 55.4 Å². The summed E-state index contributed by atoms with van der Waals surface area (Å²) in [5.74, 6) is 1.46. The van der Waals surface area contributed by atoms with Crippen LogP contribution < -0.4 is 15.4 Å². The lowest BCUT2D eigenvalue weighted by Crippen LogP contribution is -2.39. The first-order chi connectivity index (χ1) is 12.7. The molecule has 2 aliphatic heterocycles. The van der Waals surface area contributed by atoms with Crippen molar-refractivity contribution >= 4 is 24.0 Å². The van der Waals surface area contributed by atoms with E-state index in [4.69, 9.17) is 4.74 Å². The fraction of sp³-hybridized carbons (Fsp3) is 0.409. The highest BCUT2D eigenvalue weighted by Crippen LogP contribution is 2.33. The van der Waals surface area contributed by atoms with Gasteiger partial charge in [-0.25, -0.2) is 0 Å². The molecule has 2 unspecified atom stereocenters. The molecule has 2 saturated heterocycles. The lowest BCUT2D eigenvalue weighted by Gasteiger charge is -2.28. The molecule has 2 N–H and O–H groups in total. The zero-order valence-corrected chi connectivity index (χ0v) is 16.4. The lowest BCUT2D eigenvalue weighted by atomic mass is 9.89. The van der Waals surface area contributed by atoms with Gasteiger partial charge in [-0.1, -0.05) is 30.3 Å². The van der Waals surface area contributed by atoms with Gasteiger partial charge in [0, 0.05) is 29.8 Å². The highest BCUT2D eigenvalue weighted by atomic mass is 35.5. The molecule has 0 aliphatic carbocycles. The quantitative estimate of drug-likeness (QED) is 0.786. The average molecular weight is 387 g/mol. The fourth-order valence-corrected chi connectivity index (χ4v) is 4.46. The van der Waals surface area contributed by atoms with E-state index < -0.39 is 0 Å². The number of rotatable bonds is 5. The molecule has 1 amide bonds. The number of halogens is 1. The number of anilines is 1. The standard InChI is InChI=1S/C22H26N2O2.ClH/c1-26-21-8-3-2-7-20(21)16-5-4-6-17(14-16)24-22(25)13-15-11-18-9-10-19(12-15)23-18;/h2-8,14-15,18-19,23H,9-13H2,1H3,(H,24,25);1H. The van der Waals surface area contributed by atoms with Gasteiger partial charge in [-0.3, -0.25) is 4.79 Å². The summed E-state index contributed by atoms with van der Waals surface area (Å²) in [6.07, 6.45) is 5.41. The Morgan fingerprint density at radius 2 is 1.85 bits per heavy atom. The average Bonchev–Trinajstić information content (AvgIpc) is 3.00. The first kappa shape index (κ1) is 19.7. The molecule has 0 spiro atoms. The Hall–Kier alpha value is -2.04. The Labute approximate surface area is 167 Å². The van der Waals surface area contributed by atoms with Crippen molar-refractivity contribution in [2.45, 2.75) is 44.2 Å². The maximum absolute atomic E-state index is 12.5. The Morgan fingerprint density at radius 1 is 1.11 bits per heavy atom. The van der Waals surface area contributed by atoms with E-state index in [0.29, 0.717) is 24.4 Å². The van der Waals surface area contributed by atoms with Crippen molar-refractivity contribution in [3.63, 3.8) is 0 Å². The van der Waals surface area contributed by atoms with Crippen LogP contribution in [0.15, 0.2) is 48.5 Å². The van der Waals surface area contributed by atoms with E-state index in [-0.39, 0.29) is 18.3 Å². The number of piperidine rings is 1. The molecule has 27 heavy (non-hydrogen) atoms. The second kappa shape index (κ2) is 8.77. The molecular formula is C22H27ClN2O2. The number of methoxy groups -OCH3 is 1. The van der Waals surface area contributed by atoms with Crippen LogP contribution in [0.3, 0.4) is 0 Å². The summed E-state index contributed by atoms with van der Waals surface area (Å²) in [5.41, 5.74) is 2.91. The number of nitrogens with one attached hydrogen (secondary N) is 2. The highest BCUT2D eigenvalue weighted by molar-refractivity contribution is 5.91. The zero-order chi connectivity index (χ0) is 17.9. The third-order valence-corrected chi connectivity index (χ3v) is 5.61. The molecule has 2 aromatic carbocycles. The molecular weight excluding hydrogens is 360 g/mol. The van der Waals surface area contributed by atoms with Crippen molar-refractivity contribution in [1.29, 1.82) is 0 Å². The molecule has 2 fully saturated rings. The minimum absolute atomic E-state index is 0. The number of benzene rings is 2. The Bertz CT molecular complexity index is 783. The van der Waals surface area contributed by atoms with Gasteiger partial charge >= 0.3 is 0 Å². The van der Waals surface area contributed by atoms with Gasteiger partial charge < -0.3 is 15.4 Å². The largest absolute Gasteiger partial charge is 0.496 e. The predicted molar refractivity (Wildman–Crippen MR) is 112 cm³/mol. The lowest BCUT2D eigenvalue weighted by molar-refractivity contribution is -0.117. The number of carbonyl (C=O) groups is 1. The van der Waals surface area contributed by atoms with Gasteiger partial charge in [-0.2, -0.15) is 0 Å². The second-order valence-electron chi connectivity index (χ2n) is 7.51. The normalized spacial score (nSPS) is 23.4. The van der Waals surface area contributed by atoms with Gasteiger partial charge in [0.1, 0.15) is 5.75 Å². The van der Waals surface area contributed by atoms with Crippen molar-refractivity contribution in [3.05, 3.63) is 48.5 Å². The molecule has 4 nitrogen and oxygen atoms in total. The Kier molecular flexibility index (Phi) is 6.40. The summed E-state index contributed by atoms with van der Waals surface area (Å²) in [6.45, 7) is 0. The van der Waals surface area contributed by atoms with E-state index >= 15 is 0 Å². The van der Waals surface area contributed by atoms with Crippen LogP contribution in [0.5, 0.6) is 5.75 Å². The molecule has 0 aromatic heterocycles. The second-order valence-corrected chi connectivity index (χ2v) is 7.51. The van der Waals surface area contributed by atoms with Crippen molar-refractivity contribution in [1.82, 2.24) is 5.32 Å². The summed E-state index contributed by atoms with van der Waals surface area (Å²) in [4.78, 5) is 12.5. The zero-order valence-electron chi connectivity index (χ0n) is 15.6. The topological polar surface area (TPSA) is 50.4 Å². The number of para-hydroxylation sites is 1. The van der Waals surface area contributed by atoms with Crippen molar-refractivity contribution in [2.75, 3.05) is 12.4 Å². The van der Waals surface area contributed by atoms with Crippen LogP contribution >= 0.6 is 12.4 Å². The third-order valence-electron chi connectivity index (χ3n) is 5.61. The van der Waals surface area contributed by atoms with E-state index in [9.17, 15) is 4.79 Å². The number of hydrogen-bond acceptors (Lipinski definition) is 3. The number of amides is 1. The maximum atomic E-state index is 12.5. The third kappa shape index (κ3) is 4.63. The summed E-state index contributed by atoms with van der Waals surface area (Å²) in [6, 6.07) is 17.2. The van der Waals surface area contributed by atoms with E-state index in [2.05, 4.69) is 10.6 Å². The van der Waals surface area contributed by atoms with E-state index in [1.165, 1.54) is 12.8 Å². The molecule has 2 heterocycles. The predicted octanol–water partition coefficient (Wildman–Crippen LogP) is 4.64. The van der Waals surface area contributed by atoms with Gasteiger partial charge in [0.25, 0.3) is 0 Å².